The molecule has 2 N–H and O–H groups in total. The third kappa shape index (κ3) is 2.71. The Morgan fingerprint density at radius 1 is 1.48 bits per heavy atom. The number of guanidine groups is 1. The fraction of sp³-hybridized carbons (Fsp3) is 0.267. The van der Waals surface area contributed by atoms with Crippen LogP contribution in [0.4, 0.5) is 4.39 Å². The van der Waals surface area contributed by atoms with Crippen molar-refractivity contribution in [1.82, 2.24) is 4.90 Å². The average molecular weight is 305 g/mol. The van der Waals surface area contributed by atoms with E-state index < -0.39 is 0 Å². The van der Waals surface area contributed by atoms with Gasteiger partial charge in [0.15, 0.2) is 17.5 Å². The van der Waals surface area contributed by atoms with E-state index in [9.17, 15) is 4.39 Å². The molecule has 4 nitrogen and oxygen atoms in total. The van der Waals surface area contributed by atoms with Crippen molar-refractivity contribution in [1.29, 1.82) is 0 Å². The van der Waals surface area contributed by atoms with Gasteiger partial charge >= 0.3 is 0 Å². The molecule has 1 aromatic heterocycles. The van der Waals surface area contributed by atoms with Crippen LogP contribution in [-0.4, -0.2) is 24.5 Å². The molecule has 0 saturated carbocycles. The largest absolute Gasteiger partial charge is 0.494 e. The molecule has 0 spiro atoms. The van der Waals surface area contributed by atoms with Crippen molar-refractivity contribution in [2.75, 3.05) is 13.7 Å². The molecule has 2 aromatic rings. The van der Waals surface area contributed by atoms with Crippen LogP contribution in [0, 0.1) is 5.82 Å². The summed E-state index contributed by atoms with van der Waals surface area (Å²) >= 11 is 1.67. The predicted molar refractivity (Wildman–Crippen MR) is 82.0 cm³/mol. The molecule has 1 aliphatic rings. The molecular weight excluding hydrogens is 289 g/mol. The summed E-state index contributed by atoms with van der Waals surface area (Å²) in [7, 11) is 1.46. The zero-order valence-corrected chi connectivity index (χ0v) is 12.4. The molecule has 0 saturated heterocycles. The van der Waals surface area contributed by atoms with Gasteiger partial charge in [-0.1, -0.05) is 12.1 Å². The van der Waals surface area contributed by atoms with Gasteiger partial charge in [0.2, 0.25) is 0 Å². The number of aliphatic imine (C=N–C) groups is 1. The van der Waals surface area contributed by atoms with Crippen LogP contribution in [0.2, 0.25) is 0 Å². The second-order valence-electron chi connectivity index (χ2n) is 4.82. The number of methoxy groups -OCH3 is 1. The van der Waals surface area contributed by atoms with E-state index in [-0.39, 0.29) is 17.6 Å². The summed E-state index contributed by atoms with van der Waals surface area (Å²) in [6.45, 7) is 1.23. The first kappa shape index (κ1) is 13.9. The van der Waals surface area contributed by atoms with Gasteiger partial charge in [-0.2, -0.15) is 0 Å². The maximum atomic E-state index is 13.9. The minimum absolute atomic E-state index is 0.0347. The Labute approximate surface area is 126 Å². The first-order valence-electron chi connectivity index (χ1n) is 6.61. The molecule has 3 rings (SSSR count). The maximum Gasteiger partial charge on any atom is 0.192 e. The number of nitrogens with two attached hydrogens (primary N) is 1. The molecule has 2 heterocycles. The molecule has 1 aliphatic heterocycles. The van der Waals surface area contributed by atoms with Crippen molar-refractivity contribution >= 4 is 17.3 Å². The van der Waals surface area contributed by atoms with Gasteiger partial charge in [-0.3, -0.25) is 4.99 Å². The number of rotatable bonds is 4. The lowest BCUT2D eigenvalue weighted by Crippen LogP contribution is -2.35. The zero-order valence-electron chi connectivity index (χ0n) is 11.6. The molecule has 0 aliphatic carbocycles. The lowest BCUT2D eigenvalue weighted by atomic mass is 10.1. The Morgan fingerprint density at radius 3 is 3.00 bits per heavy atom. The van der Waals surface area contributed by atoms with Gasteiger partial charge in [0.1, 0.15) is 0 Å². The Hall–Kier alpha value is -2.08. The molecular formula is C15H16FN3OS. The monoisotopic (exact) mass is 305 g/mol. The highest BCUT2D eigenvalue weighted by atomic mass is 32.1. The van der Waals surface area contributed by atoms with E-state index in [1.165, 1.54) is 18.1 Å². The van der Waals surface area contributed by atoms with Crippen LogP contribution >= 0.6 is 11.3 Å². The topological polar surface area (TPSA) is 50.9 Å². The van der Waals surface area contributed by atoms with Gasteiger partial charge in [0.25, 0.3) is 0 Å². The highest BCUT2D eigenvalue weighted by Crippen LogP contribution is 2.30. The van der Waals surface area contributed by atoms with Crippen molar-refractivity contribution in [3.8, 4) is 5.75 Å². The minimum atomic E-state index is -0.364. The third-order valence-corrected chi connectivity index (χ3v) is 4.42. The number of hydrogen-bond donors (Lipinski definition) is 1. The zero-order chi connectivity index (χ0) is 14.8. The Bertz CT molecular complexity index is 657. The van der Waals surface area contributed by atoms with Crippen LogP contribution in [-0.2, 0) is 6.54 Å². The lowest BCUT2D eigenvalue weighted by Gasteiger charge is -2.26. The van der Waals surface area contributed by atoms with E-state index in [1.807, 2.05) is 22.4 Å². The highest BCUT2D eigenvalue weighted by Gasteiger charge is 2.28. The molecule has 0 fully saturated rings. The van der Waals surface area contributed by atoms with Crippen LogP contribution in [0.5, 0.6) is 5.75 Å². The van der Waals surface area contributed by atoms with Crippen LogP contribution in [0.3, 0.4) is 0 Å². The van der Waals surface area contributed by atoms with E-state index in [2.05, 4.69) is 11.1 Å². The summed E-state index contributed by atoms with van der Waals surface area (Å²) in [5.41, 5.74) is 6.84. The van der Waals surface area contributed by atoms with Gasteiger partial charge in [0.05, 0.1) is 26.2 Å². The summed E-state index contributed by atoms with van der Waals surface area (Å²) in [5.74, 6) is 0.386. The van der Waals surface area contributed by atoms with Crippen molar-refractivity contribution in [2.45, 2.75) is 12.6 Å². The van der Waals surface area contributed by atoms with Crippen molar-refractivity contribution in [2.24, 2.45) is 10.7 Å². The Balaban J connectivity index is 1.85. The molecule has 0 radical (unpaired) electrons. The molecule has 0 amide bonds. The SMILES string of the molecule is COc1ccc(C2CN=C(N)N2Cc2cccs2)cc1F. The number of benzene rings is 1. The van der Waals surface area contributed by atoms with Crippen LogP contribution < -0.4 is 10.5 Å². The fourth-order valence-electron chi connectivity index (χ4n) is 2.47. The molecule has 1 aromatic carbocycles. The third-order valence-electron chi connectivity index (χ3n) is 3.56. The van der Waals surface area contributed by atoms with Crippen molar-refractivity contribution < 1.29 is 9.13 Å². The quantitative estimate of drug-likeness (QED) is 0.945. The van der Waals surface area contributed by atoms with E-state index in [1.54, 1.807) is 17.4 Å². The smallest absolute Gasteiger partial charge is 0.192 e. The maximum absolute atomic E-state index is 13.9. The summed E-state index contributed by atoms with van der Waals surface area (Å²) in [6.07, 6.45) is 0. The summed E-state index contributed by atoms with van der Waals surface area (Å²) in [6, 6.07) is 9.03. The second-order valence-corrected chi connectivity index (χ2v) is 5.85. The molecule has 110 valence electrons. The molecule has 1 unspecified atom stereocenters. The van der Waals surface area contributed by atoms with Crippen LogP contribution in [0.15, 0.2) is 40.7 Å². The Kier molecular flexibility index (Phi) is 3.79. The molecule has 1 atom stereocenters. The van der Waals surface area contributed by atoms with E-state index in [0.717, 1.165) is 5.56 Å². The normalized spacial score (nSPS) is 17.9. The summed E-state index contributed by atoms with van der Waals surface area (Å²) < 4.78 is 18.9. The lowest BCUT2D eigenvalue weighted by molar-refractivity contribution is 0.340. The van der Waals surface area contributed by atoms with Gasteiger partial charge in [-0.05, 0) is 29.1 Å². The van der Waals surface area contributed by atoms with Gasteiger partial charge in [-0.15, -0.1) is 11.3 Å². The highest BCUT2D eigenvalue weighted by molar-refractivity contribution is 7.09. The second kappa shape index (κ2) is 5.73. The van der Waals surface area contributed by atoms with E-state index >= 15 is 0 Å². The first-order chi connectivity index (χ1) is 10.2. The molecule has 6 heteroatoms. The van der Waals surface area contributed by atoms with Gasteiger partial charge < -0.3 is 15.4 Å². The number of nitrogens with zero attached hydrogens (tertiary/aromatic N) is 2. The van der Waals surface area contributed by atoms with Gasteiger partial charge in [0, 0.05) is 4.88 Å². The van der Waals surface area contributed by atoms with E-state index in [0.29, 0.717) is 19.0 Å². The number of hydrogen-bond acceptors (Lipinski definition) is 5. The summed E-state index contributed by atoms with van der Waals surface area (Å²) in [4.78, 5) is 7.51. The van der Waals surface area contributed by atoms with Crippen molar-refractivity contribution in [3.05, 3.63) is 52.0 Å². The van der Waals surface area contributed by atoms with Crippen LogP contribution in [0.25, 0.3) is 0 Å². The first-order valence-corrected chi connectivity index (χ1v) is 7.49. The Morgan fingerprint density at radius 2 is 2.33 bits per heavy atom. The van der Waals surface area contributed by atoms with Crippen LogP contribution in [0.1, 0.15) is 16.5 Å². The fourth-order valence-corrected chi connectivity index (χ4v) is 3.17. The predicted octanol–water partition coefficient (Wildman–Crippen LogP) is 2.77. The molecule has 0 bridgehead atoms. The standard InChI is InChI=1S/C15H16FN3OS/c1-20-14-5-4-10(7-12(14)16)13-8-18-15(17)19(13)9-11-3-2-6-21-11/h2-7,13H,8-9H2,1H3,(H2,17,18). The summed E-state index contributed by atoms with van der Waals surface area (Å²) in [5, 5.41) is 2.03. The number of halogens is 1. The van der Waals surface area contributed by atoms with Crippen molar-refractivity contribution in [3.63, 3.8) is 0 Å². The minimum Gasteiger partial charge on any atom is -0.494 e. The van der Waals surface area contributed by atoms with E-state index in [4.69, 9.17) is 10.5 Å². The number of ether oxygens (including phenoxy) is 1. The molecule has 21 heavy (non-hydrogen) atoms. The number of thiophene rings is 1. The van der Waals surface area contributed by atoms with Gasteiger partial charge in [-0.25, -0.2) is 4.39 Å². The average Bonchev–Trinajstić information content (AvgIpc) is 3.11.